The Hall–Kier alpha value is -2.35. The topological polar surface area (TPSA) is 73.2 Å². The zero-order valence-electron chi connectivity index (χ0n) is 13.3. The summed E-state index contributed by atoms with van der Waals surface area (Å²) in [7, 11) is 0. The van der Waals surface area contributed by atoms with Gasteiger partial charge in [0.15, 0.2) is 0 Å². The van der Waals surface area contributed by atoms with E-state index in [1.54, 1.807) is 29.2 Å². The van der Waals surface area contributed by atoms with Crippen molar-refractivity contribution in [3.8, 4) is 6.07 Å². The molecular weight excluding hydrogens is 278 g/mol. The first kappa shape index (κ1) is 17.7. The molecule has 0 aliphatic carbocycles. The molecule has 2 amide bonds. The quantitative estimate of drug-likeness (QED) is 0.750. The Balaban J connectivity index is 2.52. The molecule has 1 aromatic rings. The Morgan fingerprint density at radius 3 is 2.45 bits per heavy atom. The van der Waals surface area contributed by atoms with E-state index < -0.39 is 0 Å². The average molecular weight is 301 g/mol. The zero-order chi connectivity index (χ0) is 16.4. The van der Waals surface area contributed by atoms with Crippen LogP contribution in [-0.4, -0.2) is 24.9 Å². The molecule has 0 atom stereocenters. The van der Waals surface area contributed by atoms with Gasteiger partial charge in [0.05, 0.1) is 11.6 Å². The van der Waals surface area contributed by atoms with E-state index in [0.717, 1.165) is 19.3 Å². The molecule has 1 aromatic carbocycles. The highest BCUT2D eigenvalue weighted by Crippen LogP contribution is 2.15. The van der Waals surface area contributed by atoms with Crippen molar-refractivity contribution < 1.29 is 9.59 Å². The van der Waals surface area contributed by atoms with E-state index in [4.69, 9.17) is 5.26 Å². The molecular formula is C17H23N3O2. The summed E-state index contributed by atoms with van der Waals surface area (Å²) in [4.78, 5) is 25.1. The lowest BCUT2D eigenvalue weighted by molar-refractivity contribution is -0.121. The number of carbonyl (C=O) groups excluding carboxylic acids is 2. The highest BCUT2D eigenvalue weighted by Gasteiger charge is 2.13. The first-order chi connectivity index (χ1) is 10.6. The molecule has 0 fully saturated rings. The fraction of sp³-hybridized carbons (Fsp3) is 0.471. The van der Waals surface area contributed by atoms with Gasteiger partial charge in [-0.2, -0.15) is 5.26 Å². The number of carbonyl (C=O) groups is 2. The van der Waals surface area contributed by atoms with Crippen LogP contribution >= 0.6 is 0 Å². The number of anilines is 1. The predicted molar refractivity (Wildman–Crippen MR) is 86.3 cm³/mol. The smallest absolute Gasteiger partial charge is 0.223 e. The minimum absolute atomic E-state index is 0.0454. The summed E-state index contributed by atoms with van der Waals surface area (Å²) in [6, 6.07) is 8.81. The third-order valence-corrected chi connectivity index (χ3v) is 3.35. The van der Waals surface area contributed by atoms with Gasteiger partial charge >= 0.3 is 0 Å². The maximum atomic E-state index is 11.8. The van der Waals surface area contributed by atoms with Gasteiger partial charge in [-0.05, 0) is 30.7 Å². The van der Waals surface area contributed by atoms with Crippen LogP contribution < -0.4 is 10.2 Å². The van der Waals surface area contributed by atoms with Crippen LogP contribution in [0.25, 0.3) is 0 Å². The normalized spacial score (nSPS) is 9.86. The molecule has 0 bridgehead atoms. The first-order valence-corrected chi connectivity index (χ1v) is 7.63. The fourth-order valence-electron chi connectivity index (χ4n) is 2.09. The van der Waals surface area contributed by atoms with Crippen LogP contribution in [0.4, 0.5) is 5.69 Å². The molecule has 0 saturated heterocycles. The summed E-state index contributed by atoms with van der Waals surface area (Å²) in [5, 5.41) is 11.7. The molecule has 5 heteroatoms. The van der Waals surface area contributed by atoms with E-state index in [1.165, 1.54) is 6.92 Å². The number of benzene rings is 1. The molecule has 1 rings (SSSR count). The summed E-state index contributed by atoms with van der Waals surface area (Å²) in [5.74, 6) is -0.167. The number of hydrogen-bond donors (Lipinski definition) is 1. The van der Waals surface area contributed by atoms with Crippen LogP contribution in [0.5, 0.6) is 0 Å². The van der Waals surface area contributed by atoms with Crippen LogP contribution in [0.15, 0.2) is 24.3 Å². The largest absolute Gasteiger partial charge is 0.356 e. The molecule has 0 radical (unpaired) electrons. The van der Waals surface area contributed by atoms with Crippen molar-refractivity contribution in [3.05, 3.63) is 29.8 Å². The summed E-state index contributed by atoms with van der Waals surface area (Å²) < 4.78 is 0. The van der Waals surface area contributed by atoms with Gasteiger partial charge in [-0.1, -0.05) is 19.8 Å². The van der Waals surface area contributed by atoms with E-state index in [2.05, 4.69) is 12.2 Å². The molecule has 0 spiro atoms. The summed E-state index contributed by atoms with van der Waals surface area (Å²) in [6.07, 6.45) is 3.47. The molecule has 5 nitrogen and oxygen atoms in total. The van der Waals surface area contributed by atoms with Crippen LogP contribution in [0, 0.1) is 11.3 Å². The maximum Gasteiger partial charge on any atom is 0.223 e. The number of hydrogen-bond acceptors (Lipinski definition) is 3. The van der Waals surface area contributed by atoms with Crippen molar-refractivity contribution in [2.24, 2.45) is 0 Å². The Labute approximate surface area is 131 Å². The van der Waals surface area contributed by atoms with E-state index >= 15 is 0 Å². The Kier molecular flexibility index (Phi) is 7.69. The molecule has 118 valence electrons. The molecule has 0 aromatic heterocycles. The second-order valence-electron chi connectivity index (χ2n) is 5.14. The predicted octanol–water partition coefficient (Wildman–Crippen LogP) is 2.61. The number of nitriles is 1. The van der Waals surface area contributed by atoms with Crippen molar-refractivity contribution in [1.82, 2.24) is 5.32 Å². The summed E-state index contributed by atoms with van der Waals surface area (Å²) in [5.41, 5.74) is 1.24. The monoisotopic (exact) mass is 301 g/mol. The molecule has 0 unspecified atom stereocenters. The molecule has 0 saturated carbocycles. The van der Waals surface area contributed by atoms with E-state index in [-0.39, 0.29) is 18.2 Å². The van der Waals surface area contributed by atoms with E-state index in [1.807, 2.05) is 6.07 Å². The zero-order valence-corrected chi connectivity index (χ0v) is 13.3. The average Bonchev–Trinajstić information content (AvgIpc) is 2.52. The number of amides is 2. The van der Waals surface area contributed by atoms with Gasteiger partial charge in [-0.15, -0.1) is 0 Å². The number of nitrogens with zero attached hydrogens (tertiary/aromatic N) is 2. The van der Waals surface area contributed by atoms with Crippen molar-refractivity contribution in [2.75, 3.05) is 18.0 Å². The second-order valence-corrected chi connectivity index (χ2v) is 5.14. The SMILES string of the molecule is CCCCCNC(=O)CCN(C(C)=O)c1ccc(C#N)cc1. The van der Waals surface area contributed by atoms with Crippen LogP contribution in [-0.2, 0) is 9.59 Å². The van der Waals surface area contributed by atoms with E-state index in [0.29, 0.717) is 24.3 Å². The standard InChI is InChI=1S/C17H23N3O2/c1-3-4-5-11-19-17(22)10-12-20(14(2)21)16-8-6-15(13-18)7-9-16/h6-9H,3-5,10-12H2,1-2H3,(H,19,22). The van der Waals surface area contributed by atoms with Gasteiger partial charge in [0, 0.05) is 32.1 Å². The van der Waals surface area contributed by atoms with Gasteiger partial charge < -0.3 is 10.2 Å². The highest BCUT2D eigenvalue weighted by atomic mass is 16.2. The minimum atomic E-state index is -0.122. The second kappa shape index (κ2) is 9.56. The van der Waals surface area contributed by atoms with Crippen LogP contribution in [0.3, 0.4) is 0 Å². The lowest BCUT2D eigenvalue weighted by Gasteiger charge is -2.21. The number of nitrogens with one attached hydrogen (secondary N) is 1. The molecule has 1 N–H and O–H groups in total. The van der Waals surface area contributed by atoms with Crippen molar-refractivity contribution in [1.29, 1.82) is 5.26 Å². The molecule has 0 heterocycles. The molecule has 0 aliphatic heterocycles. The minimum Gasteiger partial charge on any atom is -0.356 e. The molecule has 0 aliphatic rings. The Morgan fingerprint density at radius 1 is 1.23 bits per heavy atom. The van der Waals surface area contributed by atoms with Gasteiger partial charge in [0.2, 0.25) is 11.8 Å². The fourth-order valence-corrected chi connectivity index (χ4v) is 2.09. The Morgan fingerprint density at radius 2 is 1.91 bits per heavy atom. The lowest BCUT2D eigenvalue weighted by atomic mass is 10.2. The van der Waals surface area contributed by atoms with Crippen LogP contribution in [0.1, 0.15) is 45.1 Å². The van der Waals surface area contributed by atoms with E-state index in [9.17, 15) is 9.59 Å². The number of rotatable bonds is 8. The summed E-state index contributed by atoms with van der Waals surface area (Å²) in [6.45, 7) is 4.60. The van der Waals surface area contributed by atoms with Gasteiger partial charge in [-0.25, -0.2) is 0 Å². The third-order valence-electron chi connectivity index (χ3n) is 3.35. The lowest BCUT2D eigenvalue weighted by Crippen LogP contribution is -2.34. The summed E-state index contributed by atoms with van der Waals surface area (Å²) >= 11 is 0. The van der Waals surface area contributed by atoms with Crippen molar-refractivity contribution >= 4 is 17.5 Å². The highest BCUT2D eigenvalue weighted by molar-refractivity contribution is 5.92. The molecule has 22 heavy (non-hydrogen) atoms. The van der Waals surface area contributed by atoms with Gasteiger partial charge in [-0.3, -0.25) is 9.59 Å². The first-order valence-electron chi connectivity index (χ1n) is 7.63. The van der Waals surface area contributed by atoms with Crippen molar-refractivity contribution in [2.45, 2.75) is 39.5 Å². The maximum absolute atomic E-state index is 11.8. The number of unbranched alkanes of at least 4 members (excludes halogenated alkanes) is 2. The van der Waals surface area contributed by atoms with Crippen molar-refractivity contribution in [3.63, 3.8) is 0 Å². The van der Waals surface area contributed by atoms with Gasteiger partial charge in [0.1, 0.15) is 0 Å². The van der Waals surface area contributed by atoms with Crippen LogP contribution in [0.2, 0.25) is 0 Å². The van der Waals surface area contributed by atoms with Gasteiger partial charge in [0.25, 0.3) is 0 Å². The third kappa shape index (κ3) is 5.96. The Bertz CT molecular complexity index is 532.